The van der Waals surface area contributed by atoms with E-state index < -0.39 is 0 Å². The van der Waals surface area contributed by atoms with Crippen LogP contribution >= 0.6 is 0 Å². The average Bonchev–Trinajstić information content (AvgIpc) is 3.15. The molecule has 1 aliphatic heterocycles. The summed E-state index contributed by atoms with van der Waals surface area (Å²) in [5.74, 6) is -0.694. The van der Waals surface area contributed by atoms with Gasteiger partial charge in [-0.3, -0.25) is 9.59 Å². The topological polar surface area (TPSA) is 70.2 Å². The number of amides is 2. The fourth-order valence-corrected chi connectivity index (χ4v) is 2.78. The third-order valence-corrected chi connectivity index (χ3v) is 4.13. The van der Waals surface area contributed by atoms with Crippen molar-refractivity contribution >= 4 is 17.5 Å². The van der Waals surface area contributed by atoms with Crippen LogP contribution in [0.3, 0.4) is 0 Å². The third kappa shape index (κ3) is 4.64. The van der Waals surface area contributed by atoms with E-state index in [0.29, 0.717) is 17.8 Å². The number of nitrogens with one attached hydrogen (secondary N) is 3. The van der Waals surface area contributed by atoms with Gasteiger partial charge in [-0.25, -0.2) is 4.39 Å². The van der Waals surface area contributed by atoms with Crippen LogP contribution < -0.4 is 16.0 Å². The summed E-state index contributed by atoms with van der Waals surface area (Å²) in [4.78, 5) is 24.2. The molecule has 0 aliphatic carbocycles. The summed E-state index contributed by atoms with van der Waals surface area (Å²) >= 11 is 0. The number of hydrogen-bond donors (Lipinski definition) is 3. The van der Waals surface area contributed by atoms with E-state index in [1.165, 1.54) is 24.3 Å². The van der Waals surface area contributed by atoms with Gasteiger partial charge in [0.05, 0.1) is 6.04 Å². The molecule has 0 aromatic heterocycles. The quantitative estimate of drug-likeness (QED) is 0.782. The summed E-state index contributed by atoms with van der Waals surface area (Å²) in [5.41, 5.74) is 1.90. The SMILES string of the molecule is O=C(Nc1cccc(CNC(=O)C2CCCN2)c1)c1ccc(F)cc1. The van der Waals surface area contributed by atoms with Gasteiger partial charge in [0, 0.05) is 17.8 Å². The van der Waals surface area contributed by atoms with Crippen molar-refractivity contribution < 1.29 is 14.0 Å². The van der Waals surface area contributed by atoms with Gasteiger partial charge < -0.3 is 16.0 Å². The van der Waals surface area contributed by atoms with Gasteiger partial charge in [-0.2, -0.15) is 0 Å². The molecule has 3 N–H and O–H groups in total. The third-order valence-electron chi connectivity index (χ3n) is 4.13. The first-order valence-corrected chi connectivity index (χ1v) is 8.29. The Morgan fingerprint density at radius 1 is 1.16 bits per heavy atom. The normalized spacial score (nSPS) is 16.4. The van der Waals surface area contributed by atoms with Crippen LogP contribution in [0, 0.1) is 5.82 Å². The van der Waals surface area contributed by atoms with Crippen LogP contribution in [0.2, 0.25) is 0 Å². The van der Waals surface area contributed by atoms with Crippen LogP contribution in [0.4, 0.5) is 10.1 Å². The molecule has 0 radical (unpaired) electrons. The highest BCUT2D eigenvalue weighted by Crippen LogP contribution is 2.13. The Labute approximate surface area is 145 Å². The molecule has 0 spiro atoms. The van der Waals surface area contributed by atoms with Crippen LogP contribution in [0.25, 0.3) is 0 Å². The molecule has 1 fully saturated rings. The lowest BCUT2D eigenvalue weighted by atomic mass is 10.1. The smallest absolute Gasteiger partial charge is 0.255 e. The number of benzene rings is 2. The molecule has 1 atom stereocenters. The Balaban J connectivity index is 1.58. The van der Waals surface area contributed by atoms with Crippen LogP contribution in [0.15, 0.2) is 48.5 Å². The van der Waals surface area contributed by atoms with E-state index >= 15 is 0 Å². The summed E-state index contributed by atoms with van der Waals surface area (Å²) in [6, 6.07) is 12.5. The molecule has 6 heteroatoms. The number of hydrogen-bond acceptors (Lipinski definition) is 3. The fraction of sp³-hybridized carbons (Fsp3) is 0.263. The molecule has 2 aromatic carbocycles. The molecular formula is C19H20FN3O2. The van der Waals surface area contributed by atoms with Gasteiger partial charge in [0.1, 0.15) is 5.82 Å². The predicted molar refractivity (Wildman–Crippen MR) is 93.7 cm³/mol. The molecule has 1 saturated heterocycles. The van der Waals surface area contributed by atoms with Gasteiger partial charge in [0.2, 0.25) is 5.91 Å². The lowest BCUT2D eigenvalue weighted by Gasteiger charge is -2.12. The lowest BCUT2D eigenvalue weighted by molar-refractivity contribution is -0.122. The molecular weight excluding hydrogens is 321 g/mol. The second kappa shape index (κ2) is 7.90. The summed E-state index contributed by atoms with van der Waals surface area (Å²) in [6.45, 7) is 1.28. The average molecular weight is 341 g/mol. The Kier molecular flexibility index (Phi) is 5.40. The molecule has 0 bridgehead atoms. The van der Waals surface area contributed by atoms with Crippen molar-refractivity contribution in [2.75, 3.05) is 11.9 Å². The molecule has 1 aliphatic rings. The number of carbonyl (C=O) groups excluding carboxylic acids is 2. The highest BCUT2D eigenvalue weighted by Gasteiger charge is 2.21. The Morgan fingerprint density at radius 2 is 1.96 bits per heavy atom. The van der Waals surface area contributed by atoms with Crippen molar-refractivity contribution in [3.63, 3.8) is 0 Å². The van der Waals surface area contributed by atoms with E-state index in [1.807, 2.05) is 18.2 Å². The van der Waals surface area contributed by atoms with Crippen LogP contribution in [-0.2, 0) is 11.3 Å². The van der Waals surface area contributed by atoms with Crippen LogP contribution in [0.1, 0.15) is 28.8 Å². The van der Waals surface area contributed by atoms with E-state index in [4.69, 9.17) is 0 Å². The molecule has 2 aromatic rings. The minimum Gasteiger partial charge on any atom is -0.351 e. The van der Waals surface area contributed by atoms with Crippen molar-refractivity contribution in [3.8, 4) is 0 Å². The van der Waals surface area contributed by atoms with Gasteiger partial charge in [-0.15, -0.1) is 0 Å². The molecule has 3 rings (SSSR count). The summed E-state index contributed by atoms with van der Waals surface area (Å²) in [6.07, 6.45) is 1.88. The number of anilines is 1. The maximum atomic E-state index is 12.9. The highest BCUT2D eigenvalue weighted by atomic mass is 19.1. The summed E-state index contributed by atoms with van der Waals surface area (Å²) < 4.78 is 12.9. The number of carbonyl (C=O) groups is 2. The molecule has 2 amide bonds. The van der Waals surface area contributed by atoms with Crippen molar-refractivity contribution in [2.24, 2.45) is 0 Å². The van der Waals surface area contributed by atoms with Crippen LogP contribution in [0.5, 0.6) is 0 Å². The maximum absolute atomic E-state index is 12.9. The first-order chi connectivity index (χ1) is 12.1. The molecule has 0 saturated carbocycles. The van der Waals surface area contributed by atoms with Crippen molar-refractivity contribution in [1.29, 1.82) is 0 Å². The second-order valence-corrected chi connectivity index (χ2v) is 6.03. The van der Waals surface area contributed by atoms with Gasteiger partial charge in [0.25, 0.3) is 5.91 Å². The maximum Gasteiger partial charge on any atom is 0.255 e. The monoisotopic (exact) mass is 341 g/mol. The van der Waals surface area contributed by atoms with Gasteiger partial charge in [-0.1, -0.05) is 12.1 Å². The number of rotatable bonds is 5. The Morgan fingerprint density at radius 3 is 2.68 bits per heavy atom. The van der Waals surface area contributed by atoms with Gasteiger partial charge >= 0.3 is 0 Å². The van der Waals surface area contributed by atoms with Crippen LogP contribution in [-0.4, -0.2) is 24.4 Å². The standard InChI is InChI=1S/C19H20FN3O2/c20-15-8-6-14(7-9-15)18(24)23-16-4-1-3-13(11-16)12-22-19(25)17-5-2-10-21-17/h1,3-4,6-9,11,17,21H,2,5,10,12H2,(H,22,25)(H,23,24). The molecule has 5 nitrogen and oxygen atoms in total. The minimum atomic E-state index is -0.383. The van der Waals surface area contributed by atoms with E-state index in [2.05, 4.69) is 16.0 Å². The first kappa shape index (κ1) is 17.1. The van der Waals surface area contributed by atoms with Crippen molar-refractivity contribution in [3.05, 3.63) is 65.5 Å². The van der Waals surface area contributed by atoms with Gasteiger partial charge in [0.15, 0.2) is 0 Å². The zero-order chi connectivity index (χ0) is 17.6. The molecule has 130 valence electrons. The van der Waals surface area contributed by atoms with Crippen molar-refractivity contribution in [1.82, 2.24) is 10.6 Å². The summed E-state index contributed by atoms with van der Waals surface area (Å²) in [5, 5.41) is 8.83. The molecule has 1 heterocycles. The first-order valence-electron chi connectivity index (χ1n) is 8.29. The van der Waals surface area contributed by atoms with E-state index in [9.17, 15) is 14.0 Å². The van der Waals surface area contributed by atoms with Crippen molar-refractivity contribution in [2.45, 2.75) is 25.4 Å². The molecule has 1 unspecified atom stereocenters. The van der Waals surface area contributed by atoms with Gasteiger partial charge in [-0.05, 0) is 61.3 Å². The Bertz CT molecular complexity index is 756. The Hall–Kier alpha value is -2.73. The highest BCUT2D eigenvalue weighted by molar-refractivity contribution is 6.04. The van der Waals surface area contributed by atoms with E-state index in [1.54, 1.807) is 6.07 Å². The minimum absolute atomic E-state index is 0.00162. The zero-order valence-electron chi connectivity index (χ0n) is 13.7. The second-order valence-electron chi connectivity index (χ2n) is 6.03. The lowest BCUT2D eigenvalue weighted by Crippen LogP contribution is -2.39. The molecule has 25 heavy (non-hydrogen) atoms. The predicted octanol–water partition coefficient (Wildman–Crippen LogP) is 2.45. The largest absolute Gasteiger partial charge is 0.351 e. The number of halogens is 1. The summed E-state index contributed by atoms with van der Waals surface area (Å²) in [7, 11) is 0. The van der Waals surface area contributed by atoms with E-state index in [0.717, 1.165) is 24.9 Å². The zero-order valence-corrected chi connectivity index (χ0v) is 13.7. The fourth-order valence-electron chi connectivity index (χ4n) is 2.78. The van der Waals surface area contributed by atoms with E-state index in [-0.39, 0.29) is 23.7 Å².